The van der Waals surface area contributed by atoms with E-state index in [0.29, 0.717) is 0 Å². The molecule has 0 aromatic rings. The fourth-order valence-corrected chi connectivity index (χ4v) is 0.821. The first-order valence-corrected chi connectivity index (χ1v) is 6.75. The molecule has 0 aromatic heterocycles. The monoisotopic (exact) mass is 297 g/mol. The zero-order chi connectivity index (χ0) is 15.6. The van der Waals surface area contributed by atoms with Crippen molar-refractivity contribution in [1.29, 1.82) is 0 Å². The first-order valence-electron chi connectivity index (χ1n) is 5.14. The standard InChI is InChI=1S/C5H11NO2.C5H8O5S/c1-4(5(7)8)6(2)3;1-2-5(6)10-3-4-11(7,8)9/h4H,1-3H3,(H,7,8);2H,1,3-4H2,(H,7,8,9). The Morgan fingerprint density at radius 3 is 2.11 bits per heavy atom. The van der Waals surface area contributed by atoms with Crippen LogP contribution in [0.15, 0.2) is 12.7 Å². The molecule has 19 heavy (non-hydrogen) atoms. The molecule has 0 aliphatic heterocycles. The molecule has 0 bridgehead atoms. The molecule has 0 rings (SSSR count). The van der Waals surface area contributed by atoms with Crippen LogP contribution in [0.4, 0.5) is 0 Å². The van der Waals surface area contributed by atoms with Crippen LogP contribution in [0.25, 0.3) is 0 Å². The maximum Gasteiger partial charge on any atom is 0.330 e. The van der Waals surface area contributed by atoms with E-state index < -0.39 is 27.8 Å². The number of carboxylic acids is 1. The number of hydrogen-bond donors (Lipinski definition) is 2. The SMILES string of the molecule is C=CC(=O)OCCS(=O)(=O)O.CC(C(=O)O)N(C)C. The van der Waals surface area contributed by atoms with Crippen LogP contribution in [-0.2, 0) is 24.4 Å². The fourth-order valence-electron chi connectivity index (χ4n) is 0.527. The predicted octanol–water partition coefficient (Wildman–Crippen LogP) is -0.375. The molecule has 0 aliphatic rings. The van der Waals surface area contributed by atoms with Crippen LogP contribution in [0.2, 0.25) is 0 Å². The molecule has 8 nitrogen and oxygen atoms in total. The lowest BCUT2D eigenvalue weighted by atomic mass is 10.3. The number of likely N-dealkylation sites (N-methyl/N-ethyl adjacent to an activating group) is 1. The minimum atomic E-state index is -4.04. The maximum atomic E-state index is 10.3. The van der Waals surface area contributed by atoms with Crippen molar-refractivity contribution in [2.75, 3.05) is 26.5 Å². The molecule has 0 saturated carbocycles. The van der Waals surface area contributed by atoms with E-state index in [1.54, 1.807) is 25.9 Å². The zero-order valence-corrected chi connectivity index (χ0v) is 11.9. The lowest BCUT2D eigenvalue weighted by Crippen LogP contribution is -2.32. The Labute approximate surface area is 112 Å². The Balaban J connectivity index is 0. The van der Waals surface area contributed by atoms with Gasteiger partial charge in [0.2, 0.25) is 0 Å². The van der Waals surface area contributed by atoms with Gasteiger partial charge in [-0.25, -0.2) is 4.79 Å². The first-order chi connectivity index (χ1) is 8.51. The quantitative estimate of drug-likeness (QED) is 0.387. The van der Waals surface area contributed by atoms with Gasteiger partial charge in [-0.05, 0) is 21.0 Å². The van der Waals surface area contributed by atoms with Gasteiger partial charge in [0.25, 0.3) is 10.1 Å². The Kier molecular flexibility index (Phi) is 9.92. The third-order valence-corrected chi connectivity index (χ3v) is 2.57. The van der Waals surface area contributed by atoms with E-state index in [4.69, 9.17) is 9.66 Å². The summed E-state index contributed by atoms with van der Waals surface area (Å²) in [6, 6.07) is -0.380. The van der Waals surface area contributed by atoms with E-state index in [1.165, 1.54) is 0 Å². The summed E-state index contributed by atoms with van der Waals surface area (Å²) in [5.41, 5.74) is 0. The topological polar surface area (TPSA) is 121 Å². The van der Waals surface area contributed by atoms with E-state index in [0.717, 1.165) is 6.08 Å². The van der Waals surface area contributed by atoms with Gasteiger partial charge in [0.05, 0.1) is 0 Å². The van der Waals surface area contributed by atoms with Gasteiger partial charge in [-0.2, -0.15) is 8.42 Å². The lowest BCUT2D eigenvalue weighted by Gasteiger charge is -2.13. The lowest BCUT2D eigenvalue weighted by molar-refractivity contribution is -0.141. The summed E-state index contributed by atoms with van der Waals surface area (Å²) in [5.74, 6) is -2.09. The number of ether oxygens (including phenoxy) is 1. The first kappa shape index (κ1) is 19.9. The summed E-state index contributed by atoms with van der Waals surface area (Å²) in [5, 5.41) is 8.31. The second-order valence-corrected chi connectivity index (χ2v) is 5.21. The van der Waals surface area contributed by atoms with Crippen molar-refractivity contribution in [3.8, 4) is 0 Å². The number of aliphatic carboxylic acids is 1. The number of carboxylic acid groups (broad SMARTS) is 1. The van der Waals surface area contributed by atoms with E-state index in [9.17, 15) is 18.0 Å². The fraction of sp³-hybridized carbons (Fsp3) is 0.600. The van der Waals surface area contributed by atoms with Crippen LogP contribution in [0.1, 0.15) is 6.92 Å². The van der Waals surface area contributed by atoms with Crippen LogP contribution in [0, 0.1) is 0 Å². The molecule has 0 radical (unpaired) electrons. The molecule has 0 spiro atoms. The molecule has 0 amide bonds. The Morgan fingerprint density at radius 2 is 1.89 bits per heavy atom. The molecule has 1 atom stereocenters. The van der Waals surface area contributed by atoms with Gasteiger partial charge in [-0.15, -0.1) is 0 Å². The van der Waals surface area contributed by atoms with Crippen molar-refractivity contribution >= 4 is 22.1 Å². The number of nitrogens with zero attached hydrogens (tertiary/aromatic N) is 1. The summed E-state index contributed by atoms with van der Waals surface area (Å²) in [6.07, 6.45) is 0.907. The molecule has 112 valence electrons. The predicted molar refractivity (Wildman–Crippen MR) is 68.4 cm³/mol. The molecule has 0 saturated heterocycles. The van der Waals surface area contributed by atoms with Crippen LogP contribution < -0.4 is 0 Å². The molecule has 0 fully saturated rings. The summed E-state index contributed by atoms with van der Waals surface area (Å²) in [4.78, 5) is 22.0. The summed E-state index contributed by atoms with van der Waals surface area (Å²) >= 11 is 0. The van der Waals surface area contributed by atoms with Gasteiger partial charge < -0.3 is 9.84 Å². The Morgan fingerprint density at radius 1 is 1.42 bits per heavy atom. The maximum absolute atomic E-state index is 10.3. The van der Waals surface area contributed by atoms with Crippen LogP contribution >= 0.6 is 0 Å². The molecule has 9 heteroatoms. The van der Waals surface area contributed by atoms with Crippen molar-refractivity contribution < 1.29 is 32.4 Å². The highest BCUT2D eigenvalue weighted by molar-refractivity contribution is 7.85. The van der Waals surface area contributed by atoms with Crippen molar-refractivity contribution in [1.82, 2.24) is 4.90 Å². The van der Waals surface area contributed by atoms with Gasteiger partial charge in [0.1, 0.15) is 18.4 Å². The second-order valence-electron chi connectivity index (χ2n) is 3.64. The van der Waals surface area contributed by atoms with Crippen LogP contribution in [0.5, 0.6) is 0 Å². The highest BCUT2D eigenvalue weighted by atomic mass is 32.2. The van der Waals surface area contributed by atoms with E-state index >= 15 is 0 Å². The summed E-state index contributed by atoms with van der Waals surface area (Å²) < 4.78 is 32.5. The van der Waals surface area contributed by atoms with Crippen LogP contribution in [-0.4, -0.2) is 67.4 Å². The molecule has 0 aromatic carbocycles. The molecular weight excluding hydrogens is 278 g/mol. The number of rotatable bonds is 6. The van der Waals surface area contributed by atoms with E-state index in [1.807, 2.05) is 0 Å². The normalized spacial score (nSPS) is 12.1. The highest BCUT2D eigenvalue weighted by Crippen LogP contribution is 1.88. The van der Waals surface area contributed by atoms with Crippen LogP contribution in [0.3, 0.4) is 0 Å². The van der Waals surface area contributed by atoms with Crippen molar-refractivity contribution in [3.63, 3.8) is 0 Å². The Hall–Kier alpha value is -1.45. The van der Waals surface area contributed by atoms with Crippen molar-refractivity contribution in [2.24, 2.45) is 0 Å². The number of hydrogen-bond acceptors (Lipinski definition) is 6. The number of esters is 1. The molecular formula is C10H19NO7S. The second kappa shape index (κ2) is 9.48. The molecule has 0 heterocycles. The van der Waals surface area contributed by atoms with Gasteiger partial charge in [-0.1, -0.05) is 6.58 Å². The van der Waals surface area contributed by atoms with Gasteiger partial charge >= 0.3 is 11.9 Å². The third kappa shape index (κ3) is 14.5. The Bertz CT molecular complexity index is 402. The zero-order valence-electron chi connectivity index (χ0n) is 11.1. The van der Waals surface area contributed by atoms with Crippen molar-refractivity contribution in [2.45, 2.75) is 13.0 Å². The van der Waals surface area contributed by atoms with E-state index in [2.05, 4.69) is 11.3 Å². The van der Waals surface area contributed by atoms with Crippen molar-refractivity contribution in [3.05, 3.63) is 12.7 Å². The number of carbonyl (C=O) groups is 2. The summed E-state index contributed by atoms with van der Waals surface area (Å²) in [7, 11) is -0.570. The van der Waals surface area contributed by atoms with E-state index in [-0.39, 0.29) is 12.6 Å². The van der Waals surface area contributed by atoms with Gasteiger partial charge in [0, 0.05) is 6.08 Å². The smallest absolute Gasteiger partial charge is 0.330 e. The minimum Gasteiger partial charge on any atom is -0.480 e. The van der Waals surface area contributed by atoms with Gasteiger partial charge in [0.15, 0.2) is 0 Å². The third-order valence-electron chi connectivity index (χ3n) is 1.88. The number of carbonyl (C=O) groups excluding carboxylic acids is 1. The minimum absolute atomic E-state index is 0.357. The highest BCUT2D eigenvalue weighted by Gasteiger charge is 2.11. The molecule has 1 unspecified atom stereocenters. The largest absolute Gasteiger partial charge is 0.480 e. The average molecular weight is 297 g/mol. The average Bonchev–Trinajstić information content (AvgIpc) is 2.26. The molecule has 2 N–H and O–H groups in total. The van der Waals surface area contributed by atoms with Gasteiger partial charge in [-0.3, -0.25) is 14.2 Å². The molecule has 0 aliphatic carbocycles. The summed E-state index contributed by atoms with van der Waals surface area (Å²) in [6.45, 7) is 4.37.